The van der Waals surface area contributed by atoms with E-state index in [1.165, 1.54) is 22.3 Å². The molecule has 0 bridgehead atoms. The van der Waals surface area contributed by atoms with Crippen molar-refractivity contribution in [3.63, 3.8) is 0 Å². The lowest BCUT2D eigenvalue weighted by Gasteiger charge is -2.23. The van der Waals surface area contributed by atoms with E-state index in [0.717, 1.165) is 22.2 Å². The number of nitrogens with zero attached hydrogens (tertiary/aromatic N) is 1. The van der Waals surface area contributed by atoms with Crippen molar-refractivity contribution in [2.75, 3.05) is 7.05 Å². The summed E-state index contributed by atoms with van der Waals surface area (Å²) in [7, 11) is 1.95. The minimum atomic E-state index is 0.676. The van der Waals surface area contributed by atoms with Gasteiger partial charge < -0.3 is 16.0 Å². The van der Waals surface area contributed by atoms with Gasteiger partial charge in [0.2, 0.25) is 0 Å². The van der Waals surface area contributed by atoms with Crippen LogP contribution in [0.5, 0.6) is 0 Å². The molecule has 0 spiro atoms. The molecule has 1 aliphatic rings. The number of aryl methyl sites for hydroxylation is 3. The number of aliphatic imine (C=N–C) groups is 1. The van der Waals surface area contributed by atoms with E-state index in [1.807, 2.05) is 14.0 Å². The van der Waals surface area contributed by atoms with E-state index >= 15 is 0 Å². The molecule has 1 aromatic rings. The Morgan fingerprint density at radius 1 is 1.23 bits per heavy atom. The Morgan fingerprint density at radius 2 is 1.77 bits per heavy atom. The third-order valence-electron chi connectivity index (χ3n) is 3.43. The van der Waals surface area contributed by atoms with Crippen molar-refractivity contribution < 1.29 is 0 Å². The largest absolute Gasteiger partial charge is 0.386 e. The molecule has 0 aliphatic carbocycles. The van der Waals surface area contributed by atoms with Crippen LogP contribution >= 0.6 is 12.2 Å². The molecule has 2 rings (SSSR count). The topological polar surface area (TPSA) is 60.3 Å². The Bertz CT molecular complexity index is 621. The first-order valence-electron chi connectivity index (χ1n) is 7.12. The van der Waals surface area contributed by atoms with Crippen molar-refractivity contribution in [2.24, 2.45) is 4.99 Å². The minimum absolute atomic E-state index is 0.676. The van der Waals surface area contributed by atoms with Gasteiger partial charge in [-0.25, -0.2) is 4.99 Å². The zero-order valence-corrected chi connectivity index (χ0v) is 14.7. The molecule has 0 unspecified atom stereocenters. The molecule has 1 heterocycles. The maximum Gasteiger partial charge on any atom is 0.111 e. The first kappa shape index (κ1) is 18.0. The highest BCUT2D eigenvalue weighted by Gasteiger charge is 2.18. The lowest BCUT2D eigenvalue weighted by molar-refractivity contribution is 0.978. The summed E-state index contributed by atoms with van der Waals surface area (Å²) in [5.41, 5.74) is 7.28. The number of thiocarbonyl (C=S) groups is 1. The van der Waals surface area contributed by atoms with E-state index in [0.29, 0.717) is 6.42 Å². The van der Waals surface area contributed by atoms with Crippen LogP contribution in [0.15, 0.2) is 22.8 Å². The highest BCUT2D eigenvalue weighted by atomic mass is 32.1. The number of nitrogens with one attached hydrogen (secondary N) is 3. The molecule has 0 atom stereocenters. The second-order valence-electron chi connectivity index (χ2n) is 5.27. The van der Waals surface area contributed by atoms with E-state index in [1.54, 1.807) is 0 Å². The summed E-state index contributed by atoms with van der Waals surface area (Å²) in [6, 6.07) is 4.42. The number of hydrogen-bond donors (Lipinski definition) is 3. The highest BCUT2D eigenvalue weighted by molar-refractivity contribution is 7.80. The summed E-state index contributed by atoms with van der Waals surface area (Å²) in [5.74, 6) is 0.853. The van der Waals surface area contributed by atoms with Gasteiger partial charge in [-0.15, -0.1) is 0 Å². The van der Waals surface area contributed by atoms with Gasteiger partial charge in [0, 0.05) is 24.7 Å². The van der Waals surface area contributed by atoms with Gasteiger partial charge in [0.05, 0.1) is 5.70 Å². The lowest BCUT2D eigenvalue weighted by Crippen LogP contribution is -2.30. The van der Waals surface area contributed by atoms with Crippen molar-refractivity contribution in [2.45, 2.75) is 34.1 Å². The average Bonchev–Trinajstić information content (AvgIpc) is 2.43. The Labute approximate surface area is 138 Å². The van der Waals surface area contributed by atoms with Gasteiger partial charge in [0.25, 0.3) is 0 Å². The van der Waals surface area contributed by atoms with Crippen LogP contribution in [-0.4, -0.2) is 24.6 Å². The van der Waals surface area contributed by atoms with E-state index in [4.69, 9.17) is 17.6 Å². The second-order valence-corrected chi connectivity index (χ2v) is 5.74. The summed E-state index contributed by atoms with van der Waals surface area (Å²) in [6.45, 7) is 10.9. The molecule has 0 fully saturated rings. The van der Waals surface area contributed by atoms with E-state index in [2.05, 4.69) is 55.2 Å². The number of benzene rings is 1. The fourth-order valence-electron chi connectivity index (χ4n) is 2.82. The lowest BCUT2D eigenvalue weighted by atomic mass is 9.95. The molecule has 1 aromatic carbocycles. The third-order valence-corrected chi connectivity index (χ3v) is 3.67. The van der Waals surface area contributed by atoms with Crippen LogP contribution in [0.3, 0.4) is 0 Å². The summed E-state index contributed by atoms with van der Waals surface area (Å²) in [5, 5.41) is 12.2. The summed E-state index contributed by atoms with van der Waals surface area (Å²) < 4.78 is 0. The van der Waals surface area contributed by atoms with Gasteiger partial charge in [-0.1, -0.05) is 29.9 Å². The molecule has 5 heteroatoms. The Hall–Kier alpha value is -2.01. The first-order valence-corrected chi connectivity index (χ1v) is 7.52. The smallest absolute Gasteiger partial charge is 0.111 e. The molecule has 4 nitrogen and oxygen atoms in total. The molecule has 0 saturated heterocycles. The molecule has 1 aliphatic heterocycles. The molecule has 0 radical (unpaired) electrons. The van der Waals surface area contributed by atoms with Gasteiger partial charge in [-0.05, 0) is 45.5 Å². The molecule has 22 heavy (non-hydrogen) atoms. The number of hydrogen-bond acceptors (Lipinski definition) is 4. The van der Waals surface area contributed by atoms with Crippen LogP contribution in [-0.2, 0) is 0 Å². The van der Waals surface area contributed by atoms with Crippen molar-refractivity contribution in [3.05, 3.63) is 40.1 Å². The fraction of sp³-hybridized carbons (Fsp3) is 0.353. The second kappa shape index (κ2) is 7.84. The summed E-state index contributed by atoms with van der Waals surface area (Å²) in [6.07, 6.45) is 0.676. The molecular weight excluding hydrogens is 292 g/mol. The van der Waals surface area contributed by atoms with Gasteiger partial charge in [-0.2, -0.15) is 0 Å². The fourth-order valence-corrected chi connectivity index (χ4v) is 3.10. The summed E-state index contributed by atoms with van der Waals surface area (Å²) in [4.78, 5) is 5.01. The normalized spacial score (nSPS) is 16.0. The van der Waals surface area contributed by atoms with Gasteiger partial charge in [0.1, 0.15) is 10.8 Å². The van der Waals surface area contributed by atoms with E-state index < -0.39 is 0 Å². The molecule has 0 aromatic heterocycles. The monoisotopic (exact) mass is 316 g/mol. The van der Waals surface area contributed by atoms with Crippen molar-refractivity contribution >= 4 is 35.5 Å². The Balaban J connectivity index is 0.00000116. The predicted octanol–water partition coefficient (Wildman–Crippen LogP) is 3.50. The van der Waals surface area contributed by atoms with E-state index in [9.17, 15) is 0 Å². The van der Waals surface area contributed by atoms with Crippen LogP contribution in [0.1, 0.15) is 35.6 Å². The van der Waals surface area contributed by atoms with Gasteiger partial charge in [0.15, 0.2) is 0 Å². The van der Waals surface area contributed by atoms with Crippen LogP contribution in [0, 0.1) is 26.2 Å². The highest BCUT2D eigenvalue weighted by Crippen LogP contribution is 2.26. The van der Waals surface area contributed by atoms with E-state index in [-0.39, 0.29) is 0 Å². The number of rotatable bonds is 2. The Kier molecular flexibility index (Phi) is 6.43. The maximum absolute atomic E-state index is 5.50. The molecule has 3 N–H and O–H groups in total. The summed E-state index contributed by atoms with van der Waals surface area (Å²) >= 11 is 5.27. The molecule has 0 saturated carbocycles. The first-order chi connectivity index (χ1) is 10.4. The maximum atomic E-state index is 5.50. The quantitative estimate of drug-likeness (QED) is 0.578. The molecular formula is C17H24N4S. The zero-order chi connectivity index (χ0) is 16.9. The van der Waals surface area contributed by atoms with Crippen LogP contribution in [0.25, 0.3) is 5.70 Å². The standard InChI is InChI=1S/C16H21N3S.CH3N/c1-9-6-10(2)15(11(3)7-9)16(17-5)13-8-14(20)19-12(4)18-13;1-2/h6-7,17H,8H2,1-5H3,(H,18,19,20);2H,1H2/b16-13+;. The van der Waals surface area contributed by atoms with Crippen molar-refractivity contribution in [1.82, 2.24) is 10.6 Å². The third kappa shape index (κ3) is 4.01. The zero-order valence-electron chi connectivity index (χ0n) is 13.9. The van der Waals surface area contributed by atoms with Crippen LogP contribution in [0.2, 0.25) is 0 Å². The SMILES string of the molecule is C=N.CN/C(=C1\CC(=S)N=C(C)N1)c1c(C)cc(C)cc1C. The Morgan fingerprint density at radius 3 is 2.23 bits per heavy atom. The van der Waals surface area contributed by atoms with Gasteiger partial charge in [-0.3, -0.25) is 0 Å². The van der Waals surface area contributed by atoms with Crippen LogP contribution in [0.4, 0.5) is 0 Å². The van der Waals surface area contributed by atoms with Crippen molar-refractivity contribution in [3.8, 4) is 0 Å². The van der Waals surface area contributed by atoms with Crippen LogP contribution < -0.4 is 10.6 Å². The van der Waals surface area contributed by atoms with Crippen molar-refractivity contribution in [1.29, 1.82) is 5.41 Å². The minimum Gasteiger partial charge on any atom is -0.386 e. The average molecular weight is 316 g/mol. The molecule has 0 amide bonds. The number of amidine groups is 1. The predicted molar refractivity (Wildman–Crippen MR) is 99.9 cm³/mol. The van der Waals surface area contributed by atoms with Gasteiger partial charge >= 0.3 is 0 Å². The molecule has 118 valence electrons.